The van der Waals surface area contributed by atoms with Crippen LogP contribution >= 0.6 is 66.7 Å². The Morgan fingerprint density at radius 2 is 2.00 bits per heavy atom. The van der Waals surface area contributed by atoms with E-state index in [9.17, 15) is 4.79 Å². The van der Waals surface area contributed by atoms with E-state index in [4.69, 9.17) is 39.5 Å². The molecule has 2 rings (SSSR count). The molecule has 0 saturated heterocycles. The van der Waals surface area contributed by atoms with E-state index in [1.54, 1.807) is 12.1 Å². The van der Waals surface area contributed by atoms with E-state index in [1.165, 1.54) is 0 Å². The van der Waals surface area contributed by atoms with Gasteiger partial charge in [-0.25, -0.2) is 0 Å². The molecular formula is C15H13Br2Cl3O2. The number of allylic oxidation sites excluding steroid dienone is 1. The molecule has 7 heteroatoms. The second kappa shape index (κ2) is 7.02. The van der Waals surface area contributed by atoms with Gasteiger partial charge in [0.05, 0.1) is 5.92 Å². The topological polar surface area (TPSA) is 26.3 Å². The second-order valence-corrected chi connectivity index (χ2v) is 8.92. The van der Waals surface area contributed by atoms with Gasteiger partial charge in [-0.3, -0.25) is 4.79 Å². The molecule has 0 radical (unpaired) electrons. The molecule has 1 aliphatic carbocycles. The fourth-order valence-corrected chi connectivity index (χ4v) is 4.65. The van der Waals surface area contributed by atoms with Gasteiger partial charge < -0.3 is 4.74 Å². The fraction of sp³-hybridized carbons (Fsp3) is 0.400. The van der Waals surface area contributed by atoms with Crippen molar-refractivity contribution < 1.29 is 9.53 Å². The van der Waals surface area contributed by atoms with Crippen LogP contribution in [0.2, 0.25) is 5.02 Å². The molecule has 1 fully saturated rings. The summed E-state index contributed by atoms with van der Waals surface area (Å²) in [5, 5.41) is 0.532. The van der Waals surface area contributed by atoms with E-state index in [1.807, 2.05) is 19.9 Å². The van der Waals surface area contributed by atoms with Crippen molar-refractivity contribution in [2.24, 2.45) is 17.3 Å². The summed E-state index contributed by atoms with van der Waals surface area (Å²) in [5.41, 5.74) is 0.534. The van der Waals surface area contributed by atoms with Crippen molar-refractivity contribution in [3.8, 4) is 0 Å². The standard InChI is InChI=1S/C15H13Br2Cl3O2/c1-15(2)9(5-12(19)20)13(15)14(21)22-6-8-10(17)3-7(16)4-11(8)18/h3-5,9,13H,6H2,1-2H3. The summed E-state index contributed by atoms with van der Waals surface area (Å²) in [4.78, 5) is 12.3. The SMILES string of the molecule is CC1(C)C(C=C(Cl)Cl)C1C(=O)OCc1c(Cl)cc(Br)cc1Br. The van der Waals surface area contributed by atoms with Crippen LogP contribution in [-0.4, -0.2) is 5.97 Å². The Morgan fingerprint density at radius 1 is 1.36 bits per heavy atom. The maximum absolute atomic E-state index is 12.3. The highest BCUT2D eigenvalue weighted by molar-refractivity contribution is 9.11. The number of esters is 1. The largest absolute Gasteiger partial charge is 0.460 e. The first kappa shape index (κ1) is 18.6. The first-order valence-electron chi connectivity index (χ1n) is 6.47. The molecule has 0 bridgehead atoms. The summed E-state index contributed by atoms with van der Waals surface area (Å²) in [6, 6.07) is 3.62. The van der Waals surface area contributed by atoms with Crippen LogP contribution in [0, 0.1) is 17.3 Å². The molecule has 0 heterocycles. The van der Waals surface area contributed by atoms with E-state index >= 15 is 0 Å². The fourth-order valence-electron chi connectivity index (χ4n) is 2.52. The highest BCUT2D eigenvalue weighted by atomic mass is 79.9. The molecule has 2 unspecified atom stereocenters. The van der Waals surface area contributed by atoms with Gasteiger partial charge >= 0.3 is 5.97 Å². The van der Waals surface area contributed by atoms with Gasteiger partial charge in [0.1, 0.15) is 11.1 Å². The molecule has 0 amide bonds. The summed E-state index contributed by atoms with van der Waals surface area (Å²) in [7, 11) is 0. The van der Waals surface area contributed by atoms with Gasteiger partial charge in [-0.2, -0.15) is 0 Å². The lowest BCUT2D eigenvalue weighted by Gasteiger charge is -2.10. The third-order valence-electron chi connectivity index (χ3n) is 3.93. The molecule has 1 aromatic rings. The minimum atomic E-state index is -0.272. The zero-order valence-electron chi connectivity index (χ0n) is 11.8. The van der Waals surface area contributed by atoms with Gasteiger partial charge in [-0.15, -0.1) is 0 Å². The van der Waals surface area contributed by atoms with Crippen molar-refractivity contribution in [3.05, 3.63) is 42.2 Å². The lowest BCUT2D eigenvalue weighted by atomic mass is 10.1. The van der Waals surface area contributed by atoms with Crippen molar-refractivity contribution in [2.45, 2.75) is 20.5 Å². The van der Waals surface area contributed by atoms with Gasteiger partial charge in [-0.1, -0.05) is 80.5 Å². The van der Waals surface area contributed by atoms with Gasteiger partial charge in [-0.05, 0) is 29.5 Å². The smallest absolute Gasteiger partial charge is 0.310 e. The predicted molar refractivity (Wildman–Crippen MR) is 97.2 cm³/mol. The van der Waals surface area contributed by atoms with Crippen molar-refractivity contribution in [3.63, 3.8) is 0 Å². The maximum Gasteiger partial charge on any atom is 0.310 e. The Bertz CT molecular complexity index is 617. The maximum atomic E-state index is 12.3. The summed E-state index contributed by atoms with van der Waals surface area (Å²) in [6.07, 6.45) is 1.69. The summed E-state index contributed by atoms with van der Waals surface area (Å²) < 4.78 is 7.23. The summed E-state index contributed by atoms with van der Waals surface area (Å²) in [6.45, 7) is 4.09. The van der Waals surface area contributed by atoms with Gasteiger partial charge in [0.25, 0.3) is 0 Å². The quantitative estimate of drug-likeness (QED) is 0.450. The minimum Gasteiger partial charge on any atom is -0.460 e. The van der Waals surface area contributed by atoms with Crippen LogP contribution in [0.15, 0.2) is 31.6 Å². The molecule has 1 saturated carbocycles. The van der Waals surface area contributed by atoms with Crippen LogP contribution in [0.1, 0.15) is 19.4 Å². The normalized spacial score (nSPS) is 22.1. The molecule has 120 valence electrons. The number of hydrogen-bond donors (Lipinski definition) is 0. The minimum absolute atomic E-state index is 0.00571. The van der Waals surface area contributed by atoms with E-state index in [-0.39, 0.29) is 34.3 Å². The second-order valence-electron chi connectivity index (χ2n) is 5.74. The molecule has 0 spiro atoms. The molecule has 0 aromatic heterocycles. The monoisotopic (exact) mass is 488 g/mol. The first-order chi connectivity index (χ1) is 10.1. The third-order valence-corrected chi connectivity index (χ3v) is 5.69. The molecule has 22 heavy (non-hydrogen) atoms. The molecule has 0 aliphatic heterocycles. The average molecular weight is 491 g/mol. The molecule has 1 aromatic carbocycles. The van der Waals surface area contributed by atoms with E-state index in [0.29, 0.717) is 5.02 Å². The van der Waals surface area contributed by atoms with Crippen LogP contribution in [0.3, 0.4) is 0 Å². The highest BCUT2D eigenvalue weighted by Gasteiger charge is 2.61. The average Bonchev–Trinajstić information content (AvgIpc) is 2.88. The van der Waals surface area contributed by atoms with E-state index in [2.05, 4.69) is 31.9 Å². The number of halogens is 5. The number of benzene rings is 1. The lowest BCUT2D eigenvalue weighted by molar-refractivity contribution is -0.147. The lowest BCUT2D eigenvalue weighted by Crippen LogP contribution is -2.11. The zero-order valence-corrected chi connectivity index (χ0v) is 17.2. The number of carbonyl (C=O) groups is 1. The van der Waals surface area contributed by atoms with Crippen LogP contribution in [0.25, 0.3) is 0 Å². The first-order valence-corrected chi connectivity index (χ1v) is 9.19. The summed E-state index contributed by atoms with van der Waals surface area (Å²) >= 11 is 24.3. The van der Waals surface area contributed by atoms with Crippen molar-refractivity contribution in [1.29, 1.82) is 0 Å². The molecule has 2 atom stereocenters. The van der Waals surface area contributed by atoms with Crippen molar-refractivity contribution >= 4 is 72.6 Å². The number of rotatable bonds is 4. The molecular weight excluding hydrogens is 478 g/mol. The zero-order chi connectivity index (χ0) is 16.7. The summed E-state index contributed by atoms with van der Waals surface area (Å²) in [5.74, 6) is -0.520. The van der Waals surface area contributed by atoms with Crippen molar-refractivity contribution in [2.75, 3.05) is 0 Å². The van der Waals surface area contributed by atoms with Crippen molar-refractivity contribution in [1.82, 2.24) is 0 Å². The Labute approximate surface area is 161 Å². The van der Waals surface area contributed by atoms with Crippen LogP contribution < -0.4 is 0 Å². The van der Waals surface area contributed by atoms with Gasteiger partial charge in [0.2, 0.25) is 0 Å². The highest BCUT2D eigenvalue weighted by Crippen LogP contribution is 2.60. The predicted octanol–water partition coefficient (Wildman–Crippen LogP) is 6.50. The van der Waals surface area contributed by atoms with Gasteiger partial charge in [0, 0.05) is 19.5 Å². The number of carbonyl (C=O) groups excluding carboxylic acids is 1. The van der Waals surface area contributed by atoms with Crippen LogP contribution in [0.4, 0.5) is 0 Å². The molecule has 1 aliphatic rings. The molecule has 2 nitrogen and oxygen atoms in total. The van der Waals surface area contributed by atoms with E-state index < -0.39 is 0 Å². The van der Waals surface area contributed by atoms with Crippen LogP contribution in [-0.2, 0) is 16.1 Å². The third kappa shape index (κ3) is 4.02. The molecule has 0 N–H and O–H groups in total. The number of ether oxygens (including phenoxy) is 1. The Hall–Kier alpha value is 0.260. The number of hydrogen-bond acceptors (Lipinski definition) is 2. The Morgan fingerprint density at radius 3 is 2.55 bits per heavy atom. The van der Waals surface area contributed by atoms with E-state index in [0.717, 1.165) is 14.5 Å². The van der Waals surface area contributed by atoms with Gasteiger partial charge in [0.15, 0.2) is 0 Å². The Kier molecular flexibility index (Phi) is 5.93. The van der Waals surface area contributed by atoms with Crippen LogP contribution in [0.5, 0.6) is 0 Å². The Balaban J connectivity index is 2.05.